The molecule has 0 aromatic carbocycles. The van der Waals surface area contributed by atoms with Crippen molar-refractivity contribution in [3.05, 3.63) is 11.6 Å². The van der Waals surface area contributed by atoms with Gasteiger partial charge in [0.05, 0.1) is 0 Å². The predicted molar refractivity (Wildman–Crippen MR) is 43.8 cm³/mol. The van der Waals surface area contributed by atoms with Crippen LogP contribution >= 0.6 is 0 Å². The molecule has 2 atom stereocenters. The molecule has 3 aliphatic carbocycles. The largest absolute Gasteiger partial charge is 0.0850 e. The molecule has 0 aromatic heterocycles. The smallest absolute Gasteiger partial charge is 0.0149 e. The summed E-state index contributed by atoms with van der Waals surface area (Å²) in [6.45, 7) is 7.13. The number of rotatable bonds is 0. The zero-order valence-corrected chi connectivity index (χ0v) is 7.15. The van der Waals surface area contributed by atoms with Crippen molar-refractivity contribution in [2.45, 2.75) is 33.6 Å². The van der Waals surface area contributed by atoms with Gasteiger partial charge >= 0.3 is 0 Å². The third-order valence-corrected chi connectivity index (χ3v) is 3.74. The maximum absolute atomic E-state index is 2.43. The van der Waals surface area contributed by atoms with E-state index in [2.05, 4.69) is 26.8 Å². The van der Waals surface area contributed by atoms with Gasteiger partial charge in [0, 0.05) is 0 Å². The SMILES string of the molecule is CC1=CCC2C[C@@H]1C2(C)C. The third-order valence-electron chi connectivity index (χ3n) is 3.74. The monoisotopic (exact) mass is 136 g/mol. The van der Waals surface area contributed by atoms with Crippen molar-refractivity contribution >= 4 is 0 Å². The van der Waals surface area contributed by atoms with Gasteiger partial charge in [-0.15, -0.1) is 0 Å². The number of allylic oxidation sites excluding steroid dienone is 2. The Morgan fingerprint density at radius 3 is 2.50 bits per heavy atom. The molecule has 56 valence electrons. The summed E-state index contributed by atoms with van der Waals surface area (Å²) in [7, 11) is 0. The van der Waals surface area contributed by atoms with Gasteiger partial charge in [-0.3, -0.25) is 0 Å². The van der Waals surface area contributed by atoms with Gasteiger partial charge in [0.15, 0.2) is 0 Å². The van der Waals surface area contributed by atoms with Gasteiger partial charge < -0.3 is 0 Å². The summed E-state index contributed by atoms with van der Waals surface area (Å²) in [6.07, 6.45) is 5.24. The van der Waals surface area contributed by atoms with Crippen molar-refractivity contribution in [3.8, 4) is 0 Å². The van der Waals surface area contributed by atoms with E-state index in [1.54, 1.807) is 5.57 Å². The summed E-state index contributed by atoms with van der Waals surface area (Å²) in [4.78, 5) is 0. The lowest BCUT2D eigenvalue weighted by Gasteiger charge is -2.56. The second-order valence-electron chi connectivity index (χ2n) is 4.49. The van der Waals surface area contributed by atoms with Crippen LogP contribution in [0, 0.1) is 17.3 Å². The molecule has 0 heterocycles. The Morgan fingerprint density at radius 2 is 2.20 bits per heavy atom. The summed E-state index contributed by atoms with van der Waals surface area (Å²) < 4.78 is 0. The average molecular weight is 136 g/mol. The molecule has 2 bridgehead atoms. The second kappa shape index (κ2) is 1.66. The van der Waals surface area contributed by atoms with E-state index in [0.29, 0.717) is 5.41 Å². The lowest BCUT2D eigenvalue weighted by molar-refractivity contribution is -0.00579. The van der Waals surface area contributed by atoms with Gasteiger partial charge in [0.25, 0.3) is 0 Å². The zero-order valence-electron chi connectivity index (χ0n) is 7.15. The number of fused-ring (bicyclic) bond motifs is 1. The van der Waals surface area contributed by atoms with Crippen molar-refractivity contribution in [3.63, 3.8) is 0 Å². The zero-order chi connectivity index (χ0) is 7.35. The van der Waals surface area contributed by atoms with Crippen LogP contribution in [0.3, 0.4) is 0 Å². The number of hydrogen-bond donors (Lipinski definition) is 0. The lowest BCUT2D eigenvalue weighted by atomic mass is 9.49. The predicted octanol–water partition coefficient (Wildman–Crippen LogP) is 3.00. The van der Waals surface area contributed by atoms with Crippen LogP contribution in [-0.4, -0.2) is 0 Å². The van der Waals surface area contributed by atoms with E-state index in [1.807, 2.05) is 0 Å². The molecule has 1 fully saturated rings. The molecule has 0 amide bonds. The molecule has 10 heavy (non-hydrogen) atoms. The lowest BCUT2D eigenvalue weighted by Crippen LogP contribution is -2.47. The fraction of sp³-hybridized carbons (Fsp3) is 0.800. The van der Waals surface area contributed by atoms with Gasteiger partial charge in [0.2, 0.25) is 0 Å². The summed E-state index contributed by atoms with van der Waals surface area (Å²) in [5.41, 5.74) is 2.28. The summed E-state index contributed by atoms with van der Waals surface area (Å²) >= 11 is 0. The molecule has 3 rings (SSSR count). The van der Waals surface area contributed by atoms with Crippen LogP contribution in [-0.2, 0) is 0 Å². The Morgan fingerprint density at radius 1 is 1.50 bits per heavy atom. The first-order valence-electron chi connectivity index (χ1n) is 4.29. The Kier molecular flexibility index (Phi) is 1.07. The van der Waals surface area contributed by atoms with Crippen LogP contribution in [0.5, 0.6) is 0 Å². The molecule has 3 aliphatic rings. The van der Waals surface area contributed by atoms with Gasteiger partial charge in [-0.25, -0.2) is 0 Å². The summed E-state index contributed by atoms with van der Waals surface area (Å²) in [5.74, 6) is 1.92. The molecular weight excluding hydrogens is 120 g/mol. The van der Waals surface area contributed by atoms with Crippen LogP contribution in [0.1, 0.15) is 33.6 Å². The van der Waals surface area contributed by atoms with Crippen molar-refractivity contribution in [2.75, 3.05) is 0 Å². The Hall–Kier alpha value is -0.260. The molecule has 0 saturated heterocycles. The third kappa shape index (κ3) is 0.574. The van der Waals surface area contributed by atoms with E-state index in [4.69, 9.17) is 0 Å². The van der Waals surface area contributed by atoms with Crippen LogP contribution in [0.25, 0.3) is 0 Å². The first kappa shape index (κ1) is 6.45. The van der Waals surface area contributed by atoms with Gasteiger partial charge in [0.1, 0.15) is 0 Å². The molecular formula is C10H16. The highest BCUT2D eigenvalue weighted by Gasteiger charge is 2.49. The molecule has 0 aliphatic heterocycles. The molecule has 0 aromatic rings. The van der Waals surface area contributed by atoms with Crippen molar-refractivity contribution < 1.29 is 0 Å². The highest BCUT2D eigenvalue weighted by Crippen LogP contribution is 2.58. The average Bonchev–Trinajstić information content (AvgIpc) is 1.87. The van der Waals surface area contributed by atoms with Crippen molar-refractivity contribution in [1.29, 1.82) is 0 Å². The summed E-state index contributed by atoms with van der Waals surface area (Å²) in [5, 5.41) is 0. The first-order valence-corrected chi connectivity index (χ1v) is 4.29. The maximum atomic E-state index is 2.43. The minimum absolute atomic E-state index is 0.638. The van der Waals surface area contributed by atoms with Crippen molar-refractivity contribution in [1.82, 2.24) is 0 Å². The second-order valence-corrected chi connectivity index (χ2v) is 4.49. The maximum Gasteiger partial charge on any atom is -0.0149 e. The molecule has 1 unspecified atom stereocenters. The molecule has 0 heteroatoms. The summed E-state index contributed by atoms with van der Waals surface area (Å²) in [6, 6.07) is 0. The van der Waals surface area contributed by atoms with E-state index in [9.17, 15) is 0 Å². The van der Waals surface area contributed by atoms with Crippen LogP contribution in [0.4, 0.5) is 0 Å². The van der Waals surface area contributed by atoms with Crippen LogP contribution < -0.4 is 0 Å². The Labute approximate surface area is 63.3 Å². The Balaban J connectivity index is 2.30. The van der Waals surface area contributed by atoms with E-state index in [0.717, 1.165) is 11.8 Å². The Bertz CT molecular complexity index is 186. The molecule has 0 N–H and O–H groups in total. The minimum Gasteiger partial charge on any atom is -0.0850 e. The molecule has 0 spiro atoms. The first-order chi connectivity index (χ1) is 4.62. The highest BCUT2D eigenvalue weighted by molar-refractivity contribution is 5.21. The molecule has 1 saturated carbocycles. The van der Waals surface area contributed by atoms with Crippen LogP contribution in [0.2, 0.25) is 0 Å². The molecule has 0 radical (unpaired) electrons. The van der Waals surface area contributed by atoms with E-state index < -0.39 is 0 Å². The number of hydrogen-bond acceptors (Lipinski definition) is 0. The quantitative estimate of drug-likeness (QED) is 0.449. The highest BCUT2D eigenvalue weighted by atomic mass is 14.5. The fourth-order valence-electron chi connectivity index (χ4n) is 2.66. The van der Waals surface area contributed by atoms with Gasteiger partial charge in [-0.1, -0.05) is 25.5 Å². The van der Waals surface area contributed by atoms with Crippen LogP contribution in [0.15, 0.2) is 11.6 Å². The molecule has 0 nitrogen and oxygen atoms in total. The topological polar surface area (TPSA) is 0 Å². The van der Waals surface area contributed by atoms with Crippen molar-refractivity contribution in [2.24, 2.45) is 17.3 Å². The van der Waals surface area contributed by atoms with Gasteiger partial charge in [-0.05, 0) is 37.0 Å². The minimum atomic E-state index is 0.638. The normalized spacial score (nSPS) is 42.1. The standard InChI is InChI=1S/C10H16/c1-7-4-5-8-6-9(7)10(8,2)3/h4,8-9H,5-6H2,1-3H3/t8?,9-/m0/s1. The fourth-order valence-corrected chi connectivity index (χ4v) is 2.66. The van der Waals surface area contributed by atoms with Gasteiger partial charge in [-0.2, -0.15) is 0 Å². The van der Waals surface area contributed by atoms with E-state index >= 15 is 0 Å². The van der Waals surface area contributed by atoms with E-state index in [-0.39, 0.29) is 0 Å². The van der Waals surface area contributed by atoms with E-state index in [1.165, 1.54) is 12.8 Å².